The molecule has 2 amide bonds. The second-order valence-corrected chi connectivity index (χ2v) is 9.33. The van der Waals surface area contributed by atoms with Crippen LogP contribution in [-0.4, -0.2) is 26.5 Å². The van der Waals surface area contributed by atoms with Crippen molar-refractivity contribution >= 4 is 50.7 Å². The van der Waals surface area contributed by atoms with Gasteiger partial charge < -0.3 is 10.6 Å². The quantitative estimate of drug-likeness (QED) is 0.479. The minimum Gasteiger partial charge on any atom is -0.322 e. The SMILES string of the molecule is CS(=O)(=O)c1cccc(C(=O)Nc2ccc(NC(=O)/C=C/c3c(F)cccc3F)cc2Cl)c1. The van der Waals surface area contributed by atoms with Crippen LogP contribution in [0.1, 0.15) is 15.9 Å². The van der Waals surface area contributed by atoms with Crippen LogP contribution in [0.25, 0.3) is 6.08 Å². The Labute approximate surface area is 193 Å². The summed E-state index contributed by atoms with van der Waals surface area (Å²) in [6, 6.07) is 13.2. The first-order chi connectivity index (χ1) is 15.5. The van der Waals surface area contributed by atoms with Crippen LogP contribution in [0.15, 0.2) is 71.6 Å². The minimum atomic E-state index is -3.48. The lowest BCUT2D eigenvalue weighted by Gasteiger charge is -2.10. The van der Waals surface area contributed by atoms with E-state index in [2.05, 4.69) is 10.6 Å². The molecule has 33 heavy (non-hydrogen) atoms. The van der Waals surface area contributed by atoms with Crippen LogP contribution >= 0.6 is 11.6 Å². The first kappa shape index (κ1) is 24.1. The largest absolute Gasteiger partial charge is 0.322 e. The number of nitrogens with one attached hydrogen (secondary N) is 2. The zero-order chi connectivity index (χ0) is 24.2. The summed E-state index contributed by atoms with van der Waals surface area (Å²) in [5, 5.41) is 5.16. The molecule has 170 valence electrons. The van der Waals surface area contributed by atoms with Gasteiger partial charge in [0.1, 0.15) is 11.6 Å². The van der Waals surface area contributed by atoms with Crippen LogP contribution < -0.4 is 10.6 Å². The molecule has 2 N–H and O–H groups in total. The lowest BCUT2D eigenvalue weighted by Crippen LogP contribution is -2.13. The van der Waals surface area contributed by atoms with Crippen molar-refractivity contribution in [2.75, 3.05) is 16.9 Å². The van der Waals surface area contributed by atoms with E-state index in [1.807, 2.05) is 0 Å². The Morgan fingerprint density at radius 3 is 2.24 bits per heavy atom. The Hall–Kier alpha value is -3.56. The van der Waals surface area contributed by atoms with Gasteiger partial charge in [0, 0.05) is 29.1 Å². The summed E-state index contributed by atoms with van der Waals surface area (Å²) in [6.45, 7) is 0. The van der Waals surface area contributed by atoms with Gasteiger partial charge in [-0.05, 0) is 54.6 Å². The highest BCUT2D eigenvalue weighted by molar-refractivity contribution is 7.90. The third-order valence-corrected chi connectivity index (χ3v) is 5.83. The van der Waals surface area contributed by atoms with E-state index in [-0.39, 0.29) is 32.4 Å². The maximum atomic E-state index is 13.6. The average Bonchev–Trinajstić information content (AvgIpc) is 2.75. The summed E-state index contributed by atoms with van der Waals surface area (Å²) < 4.78 is 50.6. The van der Waals surface area contributed by atoms with E-state index in [0.717, 1.165) is 30.5 Å². The molecule has 0 atom stereocenters. The summed E-state index contributed by atoms with van der Waals surface area (Å²) in [7, 11) is -3.48. The van der Waals surface area contributed by atoms with Gasteiger partial charge in [0.25, 0.3) is 5.91 Å². The van der Waals surface area contributed by atoms with Gasteiger partial charge in [0.15, 0.2) is 9.84 Å². The molecule has 0 unspecified atom stereocenters. The van der Waals surface area contributed by atoms with Crippen molar-refractivity contribution in [1.29, 1.82) is 0 Å². The lowest BCUT2D eigenvalue weighted by atomic mass is 10.2. The minimum absolute atomic E-state index is 0.00243. The predicted molar refractivity (Wildman–Crippen MR) is 123 cm³/mol. The van der Waals surface area contributed by atoms with Crippen LogP contribution in [0.3, 0.4) is 0 Å². The molecule has 0 saturated carbocycles. The van der Waals surface area contributed by atoms with Crippen molar-refractivity contribution in [3.8, 4) is 0 Å². The Kier molecular flexibility index (Phi) is 7.25. The van der Waals surface area contributed by atoms with Crippen LogP contribution in [0.2, 0.25) is 5.02 Å². The van der Waals surface area contributed by atoms with E-state index in [9.17, 15) is 26.8 Å². The number of benzene rings is 3. The van der Waals surface area contributed by atoms with E-state index in [0.29, 0.717) is 0 Å². The highest BCUT2D eigenvalue weighted by Crippen LogP contribution is 2.26. The van der Waals surface area contributed by atoms with Gasteiger partial charge in [0.05, 0.1) is 15.6 Å². The van der Waals surface area contributed by atoms with Gasteiger partial charge in [-0.1, -0.05) is 23.7 Å². The van der Waals surface area contributed by atoms with Gasteiger partial charge in [-0.3, -0.25) is 9.59 Å². The van der Waals surface area contributed by atoms with E-state index in [4.69, 9.17) is 11.6 Å². The molecule has 0 spiro atoms. The van der Waals surface area contributed by atoms with E-state index in [1.165, 1.54) is 48.5 Å². The van der Waals surface area contributed by atoms with Crippen LogP contribution in [0, 0.1) is 11.6 Å². The molecule has 0 aliphatic heterocycles. The summed E-state index contributed by atoms with van der Waals surface area (Å²) >= 11 is 6.18. The zero-order valence-electron chi connectivity index (χ0n) is 17.1. The highest BCUT2D eigenvalue weighted by atomic mass is 35.5. The average molecular weight is 491 g/mol. The summed E-state index contributed by atoms with van der Waals surface area (Å²) in [5.41, 5.74) is 0.287. The monoisotopic (exact) mass is 490 g/mol. The first-order valence-electron chi connectivity index (χ1n) is 9.39. The maximum Gasteiger partial charge on any atom is 0.255 e. The van der Waals surface area contributed by atoms with Crippen molar-refractivity contribution < 1.29 is 26.8 Å². The third-order valence-electron chi connectivity index (χ3n) is 4.41. The number of hydrogen-bond acceptors (Lipinski definition) is 4. The Balaban J connectivity index is 1.69. The molecule has 0 bridgehead atoms. The van der Waals surface area contributed by atoms with Gasteiger partial charge in [-0.25, -0.2) is 17.2 Å². The highest BCUT2D eigenvalue weighted by Gasteiger charge is 2.13. The predicted octanol–water partition coefficient (Wildman–Crippen LogP) is 4.93. The normalized spacial score (nSPS) is 11.4. The molecule has 6 nitrogen and oxygen atoms in total. The smallest absolute Gasteiger partial charge is 0.255 e. The fraction of sp³-hybridized carbons (Fsp3) is 0.0435. The van der Waals surface area contributed by atoms with Crippen LogP contribution in [0.4, 0.5) is 20.2 Å². The number of rotatable bonds is 6. The zero-order valence-corrected chi connectivity index (χ0v) is 18.7. The molecular formula is C23H17ClF2N2O4S. The number of carbonyl (C=O) groups excluding carboxylic acids is 2. The molecule has 0 radical (unpaired) electrons. The van der Waals surface area contributed by atoms with Gasteiger partial charge >= 0.3 is 0 Å². The second-order valence-electron chi connectivity index (χ2n) is 6.91. The van der Waals surface area contributed by atoms with Crippen molar-refractivity contribution in [2.45, 2.75) is 4.90 Å². The van der Waals surface area contributed by atoms with Gasteiger partial charge in [-0.2, -0.15) is 0 Å². The van der Waals surface area contributed by atoms with Gasteiger partial charge in [0.2, 0.25) is 5.91 Å². The number of anilines is 2. The van der Waals surface area contributed by atoms with E-state index in [1.54, 1.807) is 0 Å². The van der Waals surface area contributed by atoms with E-state index >= 15 is 0 Å². The Morgan fingerprint density at radius 1 is 0.939 bits per heavy atom. The molecule has 3 aromatic rings. The molecule has 0 heterocycles. The summed E-state index contributed by atoms with van der Waals surface area (Å²) in [4.78, 5) is 24.6. The molecule has 0 aliphatic rings. The molecular weight excluding hydrogens is 474 g/mol. The van der Waals surface area contributed by atoms with Crippen molar-refractivity contribution in [1.82, 2.24) is 0 Å². The summed E-state index contributed by atoms with van der Waals surface area (Å²) in [5.74, 6) is -2.83. The lowest BCUT2D eigenvalue weighted by molar-refractivity contribution is -0.111. The van der Waals surface area contributed by atoms with Crippen molar-refractivity contribution in [2.24, 2.45) is 0 Å². The molecule has 10 heteroatoms. The number of amides is 2. The van der Waals surface area contributed by atoms with Crippen molar-refractivity contribution in [3.05, 3.63) is 94.5 Å². The number of carbonyl (C=O) groups is 2. The Morgan fingerprint density at radius 2 is 1.61 bits per heavy atom. The first-order valence-corrected chi connectivity index (χ1v) is 11.7. The summed E-state index contributed by atoms with van der Waals surface area (Å²) in [6.07, 6.45) is 3.02. The van der Waals surface area contributed by atoms with Crippen LogP contribution in [0.5, 0.6) is 0 Å². The molecule has 0 saturated heterocycles. The van der Waals surface area contributed by atoms with E-state index < -0.39 is 33.3 Å². The topological polar surface area (TPSA) is 92.3 Å². The molecule has 3 rings (SSSR count). The number of sulfone groups is 1. The third kappa shape index (κ3) is 6.24. The fourth-order valence-corrected chi connectivity index (χ4v) is 3.66. The Bertz CT molecular complexity index is 1350. The number of hydrogen-bond donors (Lipinski definition) is 2. The maximum absolute atomic E-state index is 13.6. The molecule has 0 fully saturated rings. The van der Waals surface area contributed by atoms with Crippen LogP contribution in [-0.2, 0) is 14.6 Å². The standard InChI is InChI=1S/C23H17ClF2N2O4S/c1-33(31,32)16-5-2-4-14(12-16)23(30)28-21-10-8-15(13-18(21)24)27-22(29)11-9-17-19(25)6-3-7-20(17)26/h2-13H,1H3,(H,27,29)(H,28,30)/b11-9+. The molecule has 3 aromatic carbocycles. The second kappa shape index (κ2) is 9.93. The number of halogens is 3. The van der Waals surface area contributed by atoms with Crippen molar-refractivity contribution in [3.63, 3.8) is 0 Å². The molecule has 0 aliphatic carbocycles. The fourth-order valence-electron chi connectivity index (χ4n) is 2.77. The molecule has 0 aromatic heterocycles. The van der Waals surface area contributed by atoms with Gasteiger partial charge in [-0.15, -0.1) is 0 Å².